The van der Waals surface area contributed by atoms with Crippen molar-refractivity contribution in [3.05, 3.63) is 78.9 Å². The number of rotatable bonds is 1. The predicted molar refractivity (Wildman–Crippen MR) is 89.0 cm³/mol. The number of benzene rings is 2. The standard InChI is InChI=1S/C19H12FN3/c20-14-8-9-16-15(11-14)21-19-17-7-4-10-22(17)12-18(23(16)19)13-5-2-1-3-6-13/h1-12H. The highest BCUT2D eigenvalue weighted by Gasteiger charge is 2.14. The van der Waals surface area contributed by atoms with Crippen molar-refractivity contribution in [3.8, 4) is 11.3 Å². The lowest BCUT2D eigenvalue weighted by molar-refractivity contribution is 0.629. The van der Waals surface area contributed by atoms with Crippen LogP contribution in [0.1, 0.15) is 0 Å². The normalized spacial score (nSPS) is 11.7. The molecule has 0 saturated carbocycles. The Labute approximate surface area is 131 Å². The molecule has 0 unspecified atom stereocenters. The summed E-state index contributed by atoms with van der Waals surface area (Å²) in [4.78, 5) is 4.66. The number of aromatic nitrogens is 3. The van der Waals surface area contributed by atoms with E-state index in [0.717, 1.165) is 27.9 Å². The van der Waals surface area contributed by atoms with Crippen molar-refractivity contribution >= 4 is 22.2 Å². The Kier molecular flexibility index (Phi) is 2.39. The monoisotopic (exact) mass is 301 g/mol. The van der Waals surface area contributed by atoms with Gasteiger partial charge in [0.05, 0.1) is 22.2 Å². The molecule has 0 aliphatic heterocycles. The summed E-state index contributed by atoms with van der Waals surface area (Å²) in [5.41, 5.74) is 5.52. The third-order valence-corrected chi connectivity index (χ3v) is 4.20. The van der Waals surface area contributed by atoms with Gasteiger partial charge in [-0.25, -0.2) is 9.37 Å². The molecule has 0 amide bonds. The van der Waals surface area contributed by atoms with Crippen LogP contribution in [0.2, 0.25) is 0 Å². The second-order valence-electron chi connectivity index (χ2n) is 5.58. The van der Waals surface area contributed by atoms with Crippen LogP contribution in [0.4, 0.5) is 4.39 Å². The van der Waals surface area contributed by atoms with E-state index in [0.29, 0.717) is 5.52 Å². The molecule has 0 spiro atoms. The summed E-state index contributed by atoms with van der Waals surface area (Å²) in [5.74, 6) is -0.270. The van der Waals surface area contributed by atoms with E-state index in [9.17, 15) is 4.39 Å². The van der Waals surface area contributed by atoms with Gasteiger partial charge in [-0.05, 0) is 24.3 Å². The molecule has 0 atom stereocenters. The Hall–Kier alpha value is -3.14. The van der Waals surface area contributed by atoms with Crippen molar-refractivity contribution in [2.24, 2.45) is 0 Å². The molecule has 5 aromatic rings. The largest absolute Gasteiger partial charge is 0.319 e. The number of fused-ring (bicyclic) bond motifs is 5. The van der Waals surface area contributed by atoms with Gasteiger partial charge in [-0.3, -0.25) is 4.40 Å². The van der Waals surface area contributed by atoms with E-state index in [4.69, 9.17) is 0 Å². The molecule has 0 aliphatic rings. The smallest absolute Gasteiger partial charge is 0.162 e. The predicted octanol–water partition coefficient (Wildman–Crippen LogP) is 4.55. The molecular weight excluding hydrogens is 289 g/mol. The second-order valence-corrected chi connectivity index (χ2v) is 5.58. The van der Waals surface area contributed by atoms with E-state index in [1.165, 1.54) is 12.1 Å². The van der Waals surface area contributed by atoms with Gasteiger partial charge in [-0.2, -0.15) is 0 Å². The van der Waals surface area contributed by atoms with Crippen LogP contribution < -0.4 is 0 Å². The average molecular weight is 301 g/mol. The van der Waals surface area contributed by atoms with Crippen LogP contribution in [-0.4, -0.2) is 13.8 Å². The summed E-state index contributed by atoms with van der Waals surface area (Å²) in [6.45, 7) is 0. The minimum absolute atomic E-state index is 0.270. The van der Waals surface area contributed by atoms with Crippen LogP contribution in [0, 0.1) is 5.82 Å². The van der Waals surface area contributed by atoms with Crippen molar-refractivity contribution in [1.82, 2.24) is 13.8 Å². The number of hydrogen-bond donors (Lipinski definition) is 0. The van der Waals surface area contributed by atoms with Gasteiger partial charge >= 0.3 is 0 Å². The molecule has 0 fully saturated rings. The van der Waals surface area contributed by atoms with Crippen molar-refractivity contribution in [2.45, 2.75) is 0 Å². The first-order chi connectivity index (χ1) is 11.3. The Morgan fingerprint density at radius 1 is 0.870 bits per heavy atom. The number of halogens is 1. The van der Waals surface area contributed by atoms with Crippen LogP contribution in [0.15, 0.2) is 73.1 Å². The van der Waals surface area contributed by atoms with E-state index < -0.39 is 0 Å². The fourth-order valence-corrected chi connectivity index (χ4v) is 3.17. The number of hydrogen-bond acceptors (Lipinski definition) is 1. The minimum Gasteiger partial charge on any atom is -0.319 e. The van der Waals surface area contributed by atoms with Crippen molar-refractivity contribution in [2.75, 3.05) is 0 Å². The molecule has 2 aromatic carbocycles. The van der Waals surface area contributed by atoms with Gasteiger partial charge in [0.15, 0.2) is 5.65 Å². The third kappa shape index (κ3) is 1.72. The molecule has 0 radical (unpaired) electrons. The molecule has 3 nitrogen and oxygen atoms in total. The van der Waals surface area contributed by atoms with Crippen LogP contribution in [-0.2, 0) is 0 Å². The molecule has 0 N–H and O–H groups in total. The molecule has 0 saturated heterocycles. The number of imidazole rings is 1. The first kappa shape index (κ1) is 12.4. The summed E-state index contributed by atoms with van der Waals surface area (Å²) in [6.07, 6.45) is 4.09. The Morgan fingerprint density at radius 2 is 1.74 bits per heavy atom. The zero-order valence-electron chi connectivity index (χ0n) is 12.1. The average Bonchev–Trinajstić information content (AvgIpc) is 3.18. The quantitative estimate of drug-likeness (QED) is 0.445. The van der Waals surface area contributed by atoms with E-state index >= 15 is 0 Å². The first-order valence-electron chi connectivity index (χ1n) is 7.44. The third-order valence-electron chi connectivity index (χ3n) is 4.20. The lowest BCUT2D eigenvalue weighted by Gasteiger charge is -2.09. The molecule has 5 rings (SSSR count). The summed E-state index contributed by atoms with van der Waals surface area (Å²) in [5, 5.41) is 0. The van der Waals surface area contributed by atoms with Gasteiger partial charge in [0.1, 0.15) is 5.82 Å². The van der Waals surface area contributed by atoms with Gasteiger partial charge in [0, 0.05) is 24.0 Å². The summed E-state index contributed by atoms with van der Waals surface area (Å²) in [6, 6.07) is 18.9. The molecule has 3 aromatic heterocycles. The van der Waals surface area contributed by atoms with Gasteiger partial charge in [0.25, 0.3) is 0 Å². The fraction of sp³-hybridized carbons (Fsp3) is 0. The second kappa shape index (κ2) is 4.43. The van der Waals surface area contributed by atoms with Crippen LogP contribution >= 0.6 is 0 Å². The molecular formula is C19H12FN3. The first-order valence-corrected chi connectivity index (χ1v) is 7.44. The molecule has 4 heteroatoms. The van der Waals surface area contributed by atoms with E-state index in [1.807, 2.05) is 36.5 Å². The lowest BCUT2D eigenvalue weighted by atomic mass is 10.1. The molecule has 110 valence electrons. The van der Waals surface area contributed by atoms with E-state index in [2.05, 4.69) is 32.1 Å². The van der Waals surface area contributed by atoms with Gasteiger partial charge in [-0.15, -0.1) is 0 Å². The zero-order chi connectivity index (χ0) is 15.4. The van der Waals surface area contributed by atoms with E-state index in [1.54, 1.807) is 6.07 Å². The number of nitrogens with zero attached hydrogens (tertiary/aromatic N) is 3. The zero-order valence-corrected chi connectivity index (χ0v) is 12.1. The van der Waals surface area contributed by atoms with Crippen molar-refractivity contribution in [1.29, 1.82) is 0 Å². The highest BCUT2D eigenvalue weighted by molar-refractivity contribution is 5.89. The molecule has 3 heterocycles. The van der Waals surface area contributed by atoms with E-state index in [-0.39, 0.29) is 5.82 Å². The topological polar surface area (TPSA) is 21.7 Å². The van der Waals surface area contributed by atoms with Gasteiger partial charge in [0.2, 0.25) is 0 Å². The van der Waals surface area contributed by atoms with Crippen LogP contribution in [0.25, 0.3) is 33.5 Å². The van der Waals surface area contributed by atoms with Gasteiger partial charge in [-0.1, -0.05) is 30.3 Å². The summed E-state index contributed by atoms with van der Waals surface area (Å²) >= 11 is 0. The van der Waals surface area contributed by atoms with Crippen molar-refractivity contribution < 1.29 is 4.39 Å². The Bertz CT molecular complexity index is 1170. The van der Waals surface area contributed by atoms with Gasteiger partial charge < -0.3 is 4.40 Å². The SMILES string of the molecule is Fc1ccc2c(c1)nc1c3cccn3cc(-c3ccccc3)n21. The van der Waals surface area contributed by atoms with Crippen molar-refractivity contribution in [3.63, 3.8) is 0 Å². The van der Waals surface area contributed by atoms with Crippen LogP contribution in [0.5, 0.6) is 0 Å². The maximum absolute atomic E-state index is 13.6. The Balaban J connectivity index is 2.04. The molecule has 23 heavy (non-hydrogen) atoms. The maximum Gasteiger partial charge on any atom is 0.162 e. The molecule has 0 aliphatic carbocycles. The minimum atomic E-state index is -0.270. The highest BCUT2D eigenvalue weighted by atomic mass is 19.1. The summed E-state index contributed by atoms with van der Waals surface area (Å²) in [7, 11) is 0. The lowest BCUT2D eigenvalue weighted by Crippen LogP contribution is -1.97. The van der Waals surface area contributed by atoms with Crippen LogP contribution in [0.3, 0.4) is 0 Å². The maximum atomic E-state index is 13.6. The highest BCUT2D eigenvalue weighted by Crippen LogP contribution is 2.28. The fourth-order valence-electron chi connectivity index (χ4n) is 3.17. The Morgan fingerprint density at radius 3 is 2.61 bits per heavy atom. The summed E-state index contributed by atoms with van der Waals surface area (Å²) < 4.78 is 17.7. The molecule has 0 bridgehead atoms.